The van der Waals surface area contributed by atoms with Crippen LogP contribution in [0.25, 0.3) is 0 Å². The molecule has 1 aromatic rings. The summed E-state index contributed by atoms with van der Waals surface area (Å²) in [6.45, 7) is 2.54. The number of hydrogen-bond donors (Lipinski definition) is 1. The fraction of sp³-hybridized carbons (Fsp3) is 0.600. The zero-order valence-electron chi connectivity index (χ0n) is 10.8. The fourth-order valence-electron chi connectivity index (χ4n) is 2.45. The van der Waals surface area contributed by atoms with Crippen molar-refractivity contribution in [1.82, 2.24) is 0 Å². The molecule has 0 radical (unpaired) electrons. The number of ether oxygens (including phenoxy) is 2. The van der Waals surface area contributed by atoms with Gasteiger partial charge in [-0.3, -0.25) is 0 Å². The number of aliphatic hydroxyl groups excluding tert-OH is 1. The van der Waals surface area contributed by atoms with Crippen molar-refractivity contribution in [2.45, 2.75) is 25.7 Å². The Morgan fingerprint density at radius 3 is 2.56 bits per heavy atom. The number of para-hydroxylation sites is 1. The Morgan fingerprint density at radius 1 is 1.17 bits per heavy atom. The van der Waals surface area contributed by atoms with Gasteiger partial charge in [-0.05, 0) is 43.2 Å². The van der Waals surface area contributed by atoms with Crippen LogP contribution in [-0.4, -0.2) is 31.5 Å². The van der Waals surface area contributed by atoms with Gasteiger partial charge in [-0.25, -0.2) is 0 Å². The van der Waals surface area contributed by atoms with Crippen LogP contribution in [0.1, 0.15) is 25.7 Å². The van der Waals surface area contributed by atoms with E-state index in [-0.39, 0.29) is 12.0 Å². The maximum Gasteiger partial charge on any atom is 0.119 e. The third-order valence-electron chi connectivity index (χ3n) is 3.75. The summed E-state index contributed by atoms with van der Waals surface area (Å²) in [5.41, 5.74) is 0.0678. The van der Waals surface area contributed by atoms with Gasteiger partial charge in [0.15, 0.2) is 0 Å². The predicted molar refractivity (Wildman–Crippen MR) is 70.7 cm³/mol. The van der Waals surface area contributed by atoms with Crippen molar-refractivity contribution in [2.24, 2.45) is 5.41 Å². The van der Waals surface area contributed by atoms with E-state index in [2.05, 4.69) is 0 Å². The molecule has 0 unspecified atom stereocenters. The molecule has 1 heterocycles. The molecule has 1 N–H and O–H groups in total. The first kappa shape index (κ1) is 13.4. The van der Waals surface area contributed by atoms with Crippen LogP contribution >= 0.6 is 0 Å². The highest BCUT2D eigenvalue weighted by Crippen LogP contribution is 2.34. The molecule has 1 aliphatic heterocycles. The molecule has 0 atom stereocenters. The topological polar surface area (TPSA) is 38.7 Å². The largest absolute Gasteiger partial charge is 0.494 e. The first-order valence-electron chi connectivity index (χ1n) is 6.71. The van der Waals surface area contributed by atoms with Crippen LogP contribution in [0.5, 0.6) is 5.75 Å². The van der Waals surface area contributed by atoms with Crippen molar-refractivity contribution in [1.29, 1.82) is 0 Å². The maximum absolute atomic E-state index is 9.56. The Kier molecular flexibility index (Phi) is 5.02. The van der Waals surface area contributed by atoms with E-state index in [0.29, 0.717) is 6.61 Å². The molecule has 0 aromatic heterocycles. The monoisotopic (exact) mass is 250 g/mol. The average molecular weight is 250 g/mol. The molecule has 0 spiro atoms. The quantitative estimate of drug-likeness (QED) is 0.789. The molecule has 0 amide bonds. The molecule has 1 fully saturated rings. The highest BCUT2D eigenvalue weighted by atomic mass is 16.5. The maximum atomic E-state index is 9.56. The lowest BCUT2D eigenvalue weighted by Gasteiger charge is -2.35. The van der Waals surface area contributed by atoms with Gasteiger partial charge < -0.3 is 14.6 Å². The Bertz CT molecular complexity index is 331. The Morgan fingerprint density at radius 2 is 1.89 bits per heavy atom. The van der Waals surface area contributed by atoms with Gasteiger partial charge in [-0.2, -0.15) is 0 Å². The lowest BCUT2D eigenvalue weighted by Crippen LogP contribution is -2.33. The van der Waals surface area contributed by atoms with E-state index in [4.69, 9.17) is 9.47 Å². The van der Waals surface area contributed by atoms with Crippen molar-refractivity contribution >= 4 is 0 Å². The van der Waals surface area contributed by atoms with Crippen LogP contribution < -0.4 is 4.74 Å². The van der Waals surface area contributed by atoms with Crippen molar-refractivity contribution in [3.05, 3.63) is 30.3 Å². The Labute approximate surface area is 109 Å². The Hall–Kier alpha value is -1.06. The van der Waals surface area contributed by atoms with Gasteiger partial charge >= 0.3 is 0 Å². The number of rotatable bonds is 6. The van der Waals surface area contributed by atoms with Gasteiger partial charge in [0.2, 0.25) is 0 Å². The van der Waals surface area contributed by atoms with E-state index >= 15 is 0 Å². The van der Waals surface area contributed by atoms with E-state index in [1.165, 1.54) is 0 Å². The second kappa shape index (κ2) is 6.76. The average Bonchev–Trinajstić information content (AvgIpc) is 2.46. The predicted octanol–water partition coefficient (Wildman–Crippen LogP) is 2.63. The fourth-order valence-corrected chi connectivity index (χ4v) is 2.45. The highest BCUT2D eigenvalue weighted by Gasteiger charge is 2.31. The molecule has 0 bridgehead atoms. The number of aliphatic hydroxyl groups is 1. The molecule has 100 valence electrons. The molecular formula is C15H22O3. The molecule has 1 aliphatic rings. The molecule has 3 nitrogen and oxygen atoms in total. The van der Waals surface area contributed by atoms with E-state index in [9.17, 15) is 5.11 Å². The summed E-state index contributed by atoms with van der Waals surface area (Å²) in [6, 6.07) is 9.87. The third kappa shape index (κ3) is 3.72. The summed E-state index contributed by atoms with van der Waals surface area (Å²) in [6.07, 6.45) is 3.93. The summed E-state index contributed by atoms with van der Waals surface area (Å²) in [5.74, 6) is 0.919. The molecule has 1 saturated heterocycles. The minimum atomic E-state index is 0.0678. The normalized spacial score (nSPS) is 18.5. The van der Waals surface area contributed by atoms with Gasteiger partial charge in [-0.1, -0.05) is 18.2 Å². The van der Waals surface area contributed by atoms with Crippen LogP contribution in [0.15, 0.2) is 30.3 Å². The number of benzene rings is 1. The Balaban J connectivity index is 1.71. The summed E-state index contributed by atoms with van der Waals surface area (Å²) < 4.78 is 11.0. The summed E-state index contributed by atoms with van der Waals surface area (Å²) >= 11 is 0. The van der Waals surface area contributed by atoms with Crippen LogP contribution in [0, 0.1) is 5.41 Å². The first-order chi connectivity index (χ1) is 8.85. The molecule has 18 heavy (non-hydrogen) atoms. The third-order valence-corrected chi connectivity index (χ3v) is 3.75. The second-order valence-corrected chi connectivity index (χ2v) is 5.04. The van der Waals surface area contributed by atoms with Crippen LogP contribution in [-0.2, 0) is 4.74 Å². The summed E-state index contributed by atoms with van der Waals surface area (Å²) in [7, 11) is 0. The van der Waals surface area contributed by atoms with Gasteiger partial charge in [0, 0.05) is 19.8 Å². The molecular weight excluding hydrogens is 228 g/mol. The zero-order chi connectivity index (χ0) is 12.7. The van der Waals surface area contributed by atoms with Crippen LogP contribution in [0.3, 0.4) is 0 Å². The van der Waals surface area contributed by atoms with Gasteiger partial charge in [-0.15, -0.1) is 0 Å². The molecule has 3 heteroatoms. The smallest absolute Gasteiger partial charge is 0.119 e. The van der Waals surface area contributed by atoms with Crippen molar-refractivity contribution in [3.63, 3.8) is 0 Å². The number of hydrogen-bond acceptors (Lipinski definition) is 3. The van der Waals surface area contributed by atoms with E-state index in [1.54, 1.807) is 0 Å². The minimum absolute atomic E-state index is 0.0678. The van der Waals surface area contributed by atoms with E-state index in [0.717, 1.165) is 44.6 Å². The molecule has 0 saturated carbocycles. The van der Waals surface area contributed by atoms with E-state index in [1.807, 2.05) is 30.3 Å². The van der Waals surface area contributed by atoms with Gasteiger partial charge in [0.05, 0.1) is 6.61 Å². The van der Waals surface area contributed by atoms with Crippen LogP contribution in [0.4, 0.5) is 0 Å². The van der Waals surface area contributed by atoms with Gasteiger partial charge in [0.1, 0.15) is 5.75 Å². The van der Waals surface area contributed by atoms with Crippen molar-refractivity contribution in [2.75, 3.05) is 26.4 Å². The van der Waals surface area contributed by atoms with Crippen molar-refractivity contribution in [3.8, 4) is 5.75 Å². The highest BCUT2D eigenvalue weighted by molar-refractivity contribution is 5.20. The molecule has 1 aromatic carbocycles. The molecule has 0 aliphatic carbocycles. The first-order valence-corrected chi connectivity index (χ1v) is 6.71. The lowest BCUT2D eigenvalue weighted by atomic mass is 9.77. The van der Waals surface area contributed by atoms with E-state index < -0.39 is 0 Å². The minimum Gasteiger partial charge on any atom is -0.494 e. The zero-order valence-corrected chi connectivity index (χ0v) is 10.8. The van der Waals surface area contributed by atoms with Crippen LogP contribution in [0.2, 0.25) is 0 Å². The molecule has 2 rings (SSSR count). The summed E-state index contributed by atoms with van der Waals surface area (Å²) in [4.78, 5) is 0. The van der Waals surface area contributed by atoms with Crippen molar-refractivity contribution < 1.29 is 14.6 Å². The standard InChI is InChI=1S/C15H22O3/c16-13-15(8-11-17-12-9-15)7-4-10-18-14-5-2-1-3-6-14/h1-3,5-6,16H,4,7-13H2. The van der Waals surface area contributed by atoms with Gasteiger partial charge in [0.25, 0.3) is 0 Å². The summed E-state index contributed by atoms with van der Waals surface area (Å²) in [5, 5.41) is 9.56. The lowest BCUT2D eigenvalue weighted by molar-refractivity contribution is -0.0230. The second-order valence-electron chi connectivity index (χ2n) is 5.04. The SMILES string of the molecule is OCC1(CCCOc2ccccc2)CCOCC1.